The zero-order chi connectivity index (χ0) is 26.4. The molecule has 4 rings (SSSR count). The van der Waals surface area contributed by atoms with Crippen LogP contribution in [0, 0.1) is 5.92 Å². The molecule has 0 bridgehead atoms. The molecule has 1 spiro atoms. The lowest BCUT2D eigenvalue weighted by Crippen LogP contribution is -2.53. The van der Waals surface area contributed by atoms with Crippen molar-refractivity contribution in [2.75, 3.05) is 62.4 Å². The second-order valence-electron chi connectivity index (χ2n) is 10.1. The van der Waals surface area contributed by atoms with E-state index in [0.717, 1.165) is 42.7 Å². The number of aromatic nitrogens is 2. The number of hydrogen-bond acceptors (Lipinski definition) is 7. The van der Waals surface area contributed by atoms with Crippen LogP contribution < -0.4 is 9.80 Å². The van der Waals surface area contributed by atoms with E-state index < -0.39 is 52.4 Å². The Labute approximate surface area is 207 Å². The summed E-state index contributed by atoms with van der Waals surface area (Å²) in [5.74, 6) is -6.01. The molecule has 0 N–H and O–H groups in total. The molecule has 204 valence electrons. The molecule has 3 fully saturated rings. The lowest BCUT2D eigenvalue weighted by molar-refractivity contribution is -0.144. The minimum Gasteiger partial charge on any atom is -0.371 e. The van der Waals surface area contributed by atoms with Gasteiger partial charge in [-0.2, -0.15) is 13.2 Å². The predicted octanol–water partition coefficient (Wildman–Crippen LogP) is 3.39. The number of nitrogens with zero attached hydrogens (tertiary/aromatic N) is 5. The fourth-order valence-electron chi connectivity index (χ4n) is 5.31. The number of hydrogen-bond donors (Lipinski definition) is 0. The second-order valence-corrected chi connectivity index (χ2v) is 12.1. The second kappa shape index (κ2) is 9.82. The normalized spacial score (nSPS) is 25.2. The van der Waals surface area contributed by atoms with Gasteiger partial charge in [0.2, 0.25) is 15.8 Å². The summed E-state index contributed by atoms with van der Waals surface area (Å²) in [4.78, 5) is 10.4. The van der Waals surface area contributed by atoms with Crippen molar-refractivity contribution in [1.82, 2.24) is 14.3 Å². The molecule has 1 atom stereocenters. The molecular weight excluding hydrogens is 509 g/mol. The highest BCUT2D eigenvalue weighted by Crippen LogP contribution is 2.38. The van der Waals surface area contributed by atoms with E-state index in [9.17, 15) is 30.4 Å². The van der Waals surface area contributed by atoms with Gasteiger partial charge in [0.25, 0.3) is 5.92 Å². The first-order valence-corrected chi connectivity index (χ1v) is 13.9. The Balaban J connectivity index is 1.60. The van der Waals surface area contributed by atoms with Crippen LogP contribution in [0.15, 0.2) is 6.07 Å². The Hall–Kier alpha value is -1.80. The minimum absolute atomic E-state index is 0.0700. The fourth-order valence-corrected chi connectivity index (χ4v) is 6.18. The van der Waals surface area contributed by atoms with Crippen LogP contribution in [0.25, 0.3) is 0 Å². The van der Waals surface area contributed by atoms with Crippen LogP contribution >= 0.6 is 0 Å². The lowest BCUT2D eigenvalue weighted by Gasteiger charge is -2.45. The molecule has 0 aromatic carbocycles. The molecule has 2 saturated heterocycles. The Bertz CT molecular complexity index is 1040. The molecule has 14 heteroatoms. The van der Waals surface area contributed by atoms with Crippen LogP contribution in [0.2, 0.25) is 0 Å². The van der Waals surface area contributed by atoms with E-state index in [1.54, 1.807) is 4.90 Å². The Morgan fingerprint density at radius 3 is 2.47 bits per heavy atom. The first-order valence-electron chi connectivity index (χ1n) is 12.1. The van der Waals surface area contributed by atoms with Gasteiger partial charge < -0.3 is 14.5 Å². The average molecular weight is 542 g/mol. The number of piperidine rings is 1. The number of rotatable bonds is 5. The van der Waals surface area contributed by atoms with Gasteiger partial charge in [-0.05, 0) is 12.8 Å². The fraction of sp³-hybridized carbons (Fsp3) is 0.818. The monoisotopic (exact) mass is 541 g/mol. The number of sulfonamides is 1. The maximum Gasteiger partial charge on any atom is 0.451 e. The smallest absolute Gasteiger partial charge is 0.371 e. The van der Waals surface area contributed by atoms with Gasteiger partial charge in [0.1, 0.15) is 11.6 Å². The maximum absolute atomic E-state index is 14.7. The van der Waals surface area contributed by atoms with E-state index in [2.05, 4.69) is 9.97 Å². The summed E-state index contributed by atoms with van der Waals surface area (Å²) in [5, 5.41) is 0. The topological polar surface area (TPSA) is 78.9 Å². The van der Waals surface area contributed by atoms with Crippen LogP contribution in [-0.2, 0) is 20.9 Å². The summed E-state index contributed by atoms with van der Waals surface area (Å²) in [6.07, 6.45) is 0.167. The molecular formula is C22H32F5N5O3S. The van der Waals surface area contributed by atoms with Crippen molar-refractivity contribution in [1.29, 1.82) is 0 Å². The van der Waals surface area contributed by atoms with Crippen LogP contribution in [0.1, 0.15) is 44.3 Å². The number of anilines is 2. The molecule has 3 aliphatic rings. The first-order chi connectivity index (χ1) is 16.7. The minimum atomic E-state index is -4.83. The Morgan fingerprint density at radius 2 is 1.83 bits per heavy atom. The summed E-state index contributed by atoms with van der Waals surface area (Å²) in [5.41, 5.74) is -0.425. The van der Waals surface area contributed by atoms with Crippen molar-refractivity contribution >= 4 is 21.7 Å². The third kappa shape index (κ3) is 6.01. The average Bonchev–Trinajstić information content (AvgIpc) is 2.79. The highest BCUT2D eigenvalue weighted by molar-refractivity contribution is 7.88. The standard InChI is InChI=1S/C22H32F5N5O3S/c1-30(13-16-14-32(36(2,33)34)9-8-21(16,23)24)17-12-18(29-19(28-17)22(25,26)27)31-10-11-35-20(15-31)6-4-3-5-7-20/h12,16H,3-11,13-15H2,1-2H3. The van der Waals surface area contributed by atoms with Crippen LogP contribution in [-0.4, -0.2) is 86.8 Å². The van der Waals surface area contributed by atoms with Gasteiger partial charge in [-0.1, -0.05) is 19.3 Å². The van der Waals surface area contributed by atoms with E-state index in [4.69, 9.17) is 4.74 Å². The highest BCUT2D eigenvalue weighted by atomic mass is 32.2. The first kappa shape index (κ1) is 27.2. The Morgan fingerprint density at radius 1 is 1.14 bits per heavy atom. The molecule has 8 nitrogen and oxygen atoms in total. The summed E-state index contributed by atoms with van der Waals surface area (Å²) in [7, 11) is -2.30. The van der Waals surface area contributed by atoms with Crippen molar-refractivity contribution < 1.29 is 35.1 Å². The molecule has 1 aliphatic carbocycles. The van der Waals surface area contributed by atoms with Gasteiger partial charge in [0.05, 0.1) is 24.4 Å². The zero-order valence-electron chi connectivity index (χ0n) is 20.4. The molecule has 3 heterocycles. The maximum atomic E-state index is 14.7. The van der Waals surface area contributed by atoms with Gasteiger partial charge >= 0.3 is 6.18 Å². The summed E-state index contributed by atoms with van der Waals surface area (Å²) < 4.78 is 101. The van der Waals surface area contributed by atoms with E-state index in [1.165, 1.54) is 18.0 Å². The van der Waals surface area contributed by atoms with Crippen LogP contribution in [0.5, 0.6) is 0 Å². The Kier molecular flexibility index (Phi) is 7.43. The third-order valence-electron chi connectivity index (χ3n) is 7.36. The molecule has 1 unspecified atom stereocenters. The van der Waals surface area contributed by atoms with E-state index in [-0.39, 0.29) is 24.7 Å². The SMILES string of the molecule is CN(CC1CN(S(C)(=O)=O)CCC1(F)F)c1cc(N2CCOC3(CCCCC3)C2)nc(C(F)(F)F)n1. The number of morpholine rings is 1. The van der Waals surface area contributed by atoms with Gasteiger partial charge in [-0.25, -0.2) is 31.5 Å². The van der Waals surface area contributed by atoms with E-state index in [0.29, 0.717) is 19.7 Å². The largest absolute Gasteiger partial charge is 0.451 e. The van der Waals surface area contributed by atoms with Crippen molar-refractivity contribution in [3.05, 3.63) is 11.9 Å². The summed E-state index contributed by atoms with van der Waals surface area (Å²) >= 11 is 0. The van der Waals surface area contributed by atoms with Crippen molar-refractivity contribution in [3.63, 3.8) is 0 Å². The number of ether oxygens (including phenoxy) is 1. The molecule has 1 aromatic rings. The van der Waals surface area contributed by atoms with Crippen LogP contribution in [0.3, 0.4) is 0 Å². The van der Waals surface area contributed by atoms with E-state index >= 15 is 0 Å². The molecule has 1 saturated carbocycles. The molecule has 2 aliphatic heterocycles. The highest BCUT2D eigenvalue weighted by Gasteiger charge is 2.47. The number of halogens is 5. The molecule has 1 aromatic heterocycles. The van der Waals surface area contributed by atoms with Gasteiger partial charge in [0.15, 0.2) is 0 Å². The molecule has 36 heavy (non-hydrogen) atoms. The summed E-state index contributed by atoms with van der Waals surface area (Å²) in [6, 6.07) is 1.38. The number of alkyl halides is 5. The predicted molar refractivity (Wildman–Crippen MR) is 124 cm³/mol. The van der Waals surface area contributed by atoms with Gasteiger partial charge in [-0.15, -0.1) is 0 Å². The zero-order valence-corrected chi connectivity index (χ0v) is 21.2. The quantitative estimate of drug-likeness (QED) is 0.529. The third-order valence-corrected chi connectivity index (χ3v) is 8.63. The van der Waals surface area contributed by atoms with Crippen molar-refractivity contribution in [3.8, 4) is 0 Å². The van der Waals surface area contributed by atoms with E-state index in [1.807, 2.05) is 0 Å². The lowest BCUT2D eigenvalue weighted by atomic mass is 9.83. The van der Waals surface area contributed by atoms with Crippen molar-refractivity contribution in [2.24, 2.45) is 5.92 Å². The van der Waals surface area contributed by atoms with Gasteiger partial charge in [0, 0.05) is 52.3 Å². The molecule has 0 radical (unpaired) electrons. The van der Waals surface area contributed by atoms with Crippen LogP contribution in [0.4, 0.5) is 33.6 Å². The molecule has 0 amide bonds. The summed E-state index contributed by atoms with van der Waals surface area (Å²) in [6.45, 7) is -0.00336. The van der Waals surface area contributed by atoms with Crippen molar-refractivity contribution in [2.45, 2.75) is 56.2 Å². The van der Waals surface area contributed by atoms with Gasteiger partial charge in [-0.3, -0.25) is 0 Å².